The molecule has 2 aromatic rings. The first-order valence-electron chi connectivity index (χ1n) is 9.96. The third-order valence-electron chi connectivity index (χ3n) is 5.59. The summed E-state index contributed by atoms with van der Waals surface area (Å²) >= 11 is 0. The fraction of sp³-hybridized carbons (Fsp3) is 0.409. The van der Waals surface area contributed by atoms with Crippen LogP contribution in [0.5, 0.6) is 5.75 Å². The Bertz CT molecular complexity index is 954. The first-order valence-corrected chi connectivity index (χ1v) is 11.4. The summed E-state index contributed by atoms with van der Waals surface area (Å²) in [5.41, 5.74) is 6.86. The summed E-state index contributed by atoms with van der Waals surface area (Å²) in [5.74, 6) is -0.137. The predicted octanol–water partition coefficient (Wildman–Crippen LogP) is 2.88. The molecule has 3 N–H and O–H groups in total. The maximum atomic E-state index is 13.0. The van der Waals surface area contributed by atoms with Crippen LogP contribution in [0.1, 0.15) is 38.2 Å². The quantitative estimate of drug-likeness (QED) is 0.532. The van der Waals surface area contributed by atoms with Crippen LogP contribution in [0, 0.1) is 5.92 Å². The number of esters is 1. The molecule has 0 bridgehead atoms. The molecule has 0 aromatic heterocycles. The summed E-state index contributed by atoms with van der Waals surface area (Å²) in [5, 5.41) is 3.29. The number of benzene rings is 2. The van der Waals surface area contributed by atoms with Gasteiger partial charge in [-0.2, -0.15) is 0 Å². The van der Waals surface area contributed by atoms with Crippen LogP contribution in [-0.2, 0) is 14.6 Å². The number of ether oxygens (including phenoxy) is 1. The summed E-state index contributed by atoms with van der Waals surface area (Å²) in [6, 6.07) is 12.3. The number of hydrogen-bond acceptors (Lipinski definition) is 6. The zero-order valence-electron chi connectivity index (χ0n) is 16.8. The molecule has 29 heavy (non-hydrogen) atoms. The number of nitrogens with one attached hydrogen (secondary N) is 1. The standard InChI is InChI=1S/C22H28N2O4S/c1-3-15(2)21(23)22(25)28-20-13-18(9-10-19(20)16-11-12-24-14-16)29(26,27)17-7-5-4-6-8-17/h4-10,13,15-16,21,24H,3,11-12,14,23H2,1-2H3/t15?,16-,21?/m1/s1. The first kappa shape index (κ1) is 21.5. The Hall–Kier alpha value is -2.22. The van der Waals surface area contributed by atoms with Crippen molar-refractivity contribution in [1.82, 2.24) is 5.32 Å². The molecule has 7 heteroatoms. The van der Waals surface area contributed by atoms with E-state index >= 15 is 0 Å². The van der Waals surface area contributed by atoms with Gasteiger partial charge < -0.3 is 15.8 Å². The van der Waals surface area contributed by atoms with Crippen molar-refractivity contribution < 1.29 is 17.9 Å². The molecular formula is C22H28N2O4S. The van der Waals surface area contributed by atoms with E-state index in [0.29, 0.717) is 0 Å². The smallest absolute Gasteiger partial charge is 0.328 e. The molecule has 3 atom stereocenters. The van der Waals surface area contributed by atoms with Crippen molar-refractivity contribution in [2.24, 2.45) is 11.7 Å². The number of carbonyl (C=O) groups excluding carboxylic acids is 1. The molecule has 0 amide bonds. The largest absolute Gasteiger partial charge is 0.425 e. The second-order valence-electron chi connectivity index (χ2n) is 7.54. The van der Waals surface area contributed by atoms with Crippen molar-refractivity contribution >= 4 is 15.8 Å². The molecule has 0 radical (unpaired) electrons. The zero-order valence-corrected chi connectivity index (χ0v) is 17.6. The minimum atomic E-state index is -3.72. The highest BCUT2D eigenvalue weighted by atomic mass is 32.2. The summed E-state index contributed by atoms with van der Waals surface area (Å²) < 4.78 is 31.7. The second kappa shape index (κ2) is 9.07. The fourth-order valence-electron chi connectivity index (χ4n) is 3.43. The number of rotatable bonds is 7. The monoisotopic (exact) mass is 416 g/mol. The van der Waals surface area contributed by atoms with Crippen LogP contribution in [0.3, 0.4) is 0 Å². The van der Waals surface area contributed by atoms with Crippen molar-refractivity contribution in [3.05, 3.63) is 54.1 Å². The van der Waals surface area contributed by atoms with Crippen LogP contribution >= 0.6 is 0 Å². The highest BCUT2D eigenvalue weighted by molar-refractivity contribution is 7.91. The average Bonchev–Trinajstić information content (AvgIpc) is 3.27. The van der Waals surface area contributed by atoms with Crippen LogP contribution in [0.2, 0.25) is 0 Å². The first-order chi connectivity index (χ1) is 13.8. The SMILES string of the molecule is CCC(C)C(N)C(=O)Oc1cc(S(=O)(=O)c2ccccc2)ccc1[C@@H]1CCNC1. The molecule has 1 heterocycles. The van der Waals surface area contributed by atoms with Gasteiger partial charge in [-0.05, 0) is 42.6 Å². The molecule has 2 aromatic carbocycles. The van der Waals surface area contributed by atoms with E-state index < -0.39 is 21.8 Å². The topological polar surface area (TPSA) is 98.5 Å². The van der Waals surface area contributed by atoms with E-state index in [2.05, 4.69) is 5.32 Å². The molecular weight excluding hydrogens is 388 g/mol. The maximum absolute atomic E-state index is 13.0. The van der Waals surface area contributed by atoms with Gasteiger partial charge in [0.05, 0.1) is 9.79 Å². The third-order valence-corrected chi connectivity index (χ3v) is 7.36. The molecule has 0 saturated carbocycles. The minimum absolute atomic E-state index is 0.0321. The van der Waals surface area contributed by atoms with Crippen LogP contribution < -0.4 is 15.8 Å². The molecule has 1 aliphatic heterocycles. The van der Waals surface area contributed by atoms with Crippen LogP contribution in [0.15, 0.2) is 58.3 Å². The van der Waals surface area contributed by atoms with Gasteiger partial charge in [0.25, 0.3) is 0 Å². The summed E-state index contributed by atoms with van der Waals surface area (Å²) in [6.45, 7) is 5.48. The van der Waals surface area contributed by atoms with Gasteiger partial charge in [-0.25, -0.2) is 13.2 Å². The third kappa shape index (κ3) is 4.69. The van der Waals surface area contributed by atoms with Crippen molar-refractivity contribution in [1.29, 1.82) is 0 Å². The van der Waals surface area contributed by atoms with Gasteiger partial charge in [0, 0.05) is 18.5 Å². The van der Waals surface area contributed by atoms with E-state index in [9.17, 15) is 13.2 Å². The van der Waals surface area contributed by atoms with E-state index in [1.807, 2.05) is 13.8 Å². The van der Waals surface area contributed by atoms with Gasteiger partial charge in [-0.1, -0.05) is 44.5 Å². The normalized spacial score (nSPS) is 18.9. The van der Waals surface area contributed by atoms with Crippen LogP contribution in [0.25, 0.3) is 0 Å². The highest BCUT2D eigenvalue weighted by Crippen LogP contribution is 2.34. The second-order valence-corrected chi connectivity index (χ2v) is 9.49. The van der Waals surface area contributed by atoms with Crippen molar-refractivity contribution in [3.63, 3.8) is 0 Å². The van der Waals surface area contributed by atoms with Gasteiger partial charge in [0.2, 0.25) is 9.84 Å². The van der Waals surface area contributed by atoms with Crippen molar-refractivity contribution in [2.75, 3.05) is 13.1 Å². The maximum Gasteiger partial charge on any atom is 0.328 e. The lowest BCUT2D eigenvalue weighted by Crippen LogP contribution is -2.39. The minimum Gasteiger partial charge on any atom is -0.425 e. The van der Waals surface area contributed by atoms with Gasteiger partial charge in [0.1, 0.15) is 11.8 Å². The van der Waals surface area contributed by atoms with Gasteiger partial charge in [-0.3, -0.25) is 0 Å². The lowest BCUT2D eigenvalue weighted by Gasteiger charge is -2.20. The van der Waals surface area contributed by atoms with E-state index in [1.165, 1.54) is 6.07 Å². The Labute approximate surface area is 172 Å². The molecule has 2 unspecified atom stereocenters. The van der Waals surface area contributed by atoms with E-state index in [1.54, 1.807) is 42.5 Å². The number of nitrogens with two attached hydrogens (primary N) is 1. The van der Waals surface area contributed by atoms with Crippen LogP contribution in [-0.4, -0.2) is 33.5 Å². The molecule has 6 nitrogen and oxygen atoms in total. The molecule has 1 fully saturated rings. The van der Waals surface area contributed by atoms with Gasteiger partial charge >= 0.3 is 5.97 Å². The summed E-state index contributed by atoms with van der Waals surface area (Å²) in [4.78, 5) is 12.9. The molecule has 156 valence electrons. The number of hydrogen-bond donors (Lipinski definition) is 2. The highest BCUT2D eigenvalue weighted by Gasteiger charge is 2.27. The van der Waals surface area contributed by atoms with Gasteiger partial charge in [-0.15, -0.1) is 0 Å². The molecule has 0 spiro atoms. The van der Waals surface area contributed by atoms with Crippen molar-refractivity contribution in [3.8, 4) is 5.75 Å². The lowest BCUT2D eigenvalue weighted by molar-refractivity contribution is -0.137. The molecule has 3 rings (SSSR count). The summed E-state index contributed by atoms with van der Waals surface area (Å²) in [7, 11) is -3.72. The zero-order chi connectivity index (χ0) is 21.0. The Morgan fingerprint density at radius 3 is 2.55 bits per heavy atom. The average molecular weight is 417 g/mol. The number of carbonyl (C=O) groups is 1. The van der Waals surface area contributed by atoms with E-state index in [0.717, 1.165) is 31.5 Å². The Kier molecular flexibility index (Phi) is 6.72. The predicted molar refractivity (Wildman–Crippen MR) is 112 cm³/mol. The van der Waals surface area contributed by atoms with Crippen molar-refractivity contribution in [2.45, 2.75) is 48.4 Å². The lowest BCUT2D eigenvalue weighted by atomic mass is 9.97. The van der Waals surface area contributed by atoms with E-state index in [4.69, 9.17) is 10.5 Å². The summed E-state index contributed by atoms with van der Waals surface area (Å²) in [6.07, 6.45) is 1.64. The Balaban J connectivity index is 1.99. The van der Waals surface area contributed by atoms with E-state index in [-0.39, 0.29) is 27.4 Å². The Morgan fingerprint density at radius 2 is 1.93 bits per heavy atom. The fourth-order valence-corrected chi connectivity index (χ4v) is 4.72. The number of sulfone groups is 1. The van der Waals surface area contributed by atoms with Crippen LogP contribution in [0.4, 0.5) is 0 Å². The Morgan fingerprint density at radius 1 is 1.21 bits per heavy atom. The van der Waals surface area contributed by atoms with Gasteiger partial charge in [0.15, 0.2) is 0 Å². The molecule has 1 aliphatic rings. The molecule has 0 aliphatic carbocycles. The molecule has 1 saturated heterocycles.